The molecule has 2 aromatic rings. The molecule has 0 radical (unpaired) electrons. The third kappa shape index (κ3) is 5.87. The number of carbonyl (C=O) groups excluding carboxylic acids is 1. The van der Waals surface area contributed by atoms with Crippen LogP contribution < -0.4 is 5.32 Å². The Labute approximate surface area is 205 Å². The fourth-order valence-corrected chi connectivity index (χ4v) is 5.01. The van der Waals surface area contributed by atoms with Gasteiger partial charge >= 0.3 is 0 Å². The third-order valence-corrected chi connectivity index (χ3v) is 7.51. The van der Waals surface area contributed by atoms with E-state index in [4.69, 9.17) is 32.7 Å². The Morgan fingerprint density at radius 2 is 2.00 bits per heavy atom. The van der Waals surface area contributed by atoms with Crippen LogP contribution in [0.4, 0.5) is 0 Å². The van der Waals surface area contributed by atoms with Crippen molar-refractivity contribution < 1.29 is 14.3 Å². The lowest BCUT2D eigenvalue weighted by atomic mass is 9.97. The molecule has 0 bridgehead atoms. The molecule has 0 saturated carbocycles. The highest BCUT2D eigenvalue weighted by Crippen LogP contribution is 2.26. The fourth-order valence-electron chi connectivity index (χ4n) is 4.69. The molecule has 2 saturated heterocycles. The second kappa shape index (κ2) is 11.2. The molecule has 0 unspecified atom stereocenters. The molecule has 0 aliphatic carbocycles. The lowest BCUT2D eigenvalue weighted by molar-refractivity contribution is -0.0533. The van der Waals surface area contributed by atoms with E-state index in [1.54, 1.807) is 19.4 Å². The van der Waals surface area contributed by atoms with Crippen molar-refractivity contribution >= 4 is 29.1 Å². The molecule has 6 nitrogen and oxygen atoms in total. The van der Waals surface area contributed by atoms with Crippen LogP contribution in [0.3, 0.4) is 0 Å². The number of hydrogen-bond acceptors (Lipinski definition) is 5. The van der Waals surface area contributed by atoms with Crippen molar-refractivity contribution in [1.29, 1.82) is 0 Å². The number of hydrogen-bond donors (Lipinski definition) is 1. The fraction of sp³-hybridized carbons (Fsp3) is 0.520. The van der Waals surface area contributed by atoms with Crippen molar-refractivity contribution in [3.05, 3.63) is 62.9 Å². The van der Waals surface area contributed by atoms with Crippen molar-refractivity contribution in [2.24, 2.45) is 0 Å². The second-order valence-electron chi connectivity index (χ2n) is 8.87. The number of benzene rings is 1. The number of nitrogens with one attached hydrogen (secondary N) is 1. The highest BCUT2D eigenvalue weighted by molar-refractivity contribution is 6.42. The number of methoxy groups -OCH3 is 1. The summed E-state index contributed by atoms with van der Waals surface area (Å²) in [4.78, 5) is 19.6. The zero-order valence-corrected chi connectivity index (χ0v) is 20.7. The molecule has 0 spiro atoms. The molecule has 2 atom stereocenters. The summed E-state index contributed by atoms with van der Waals surface area (Å²) in [5.41, 5.74) is 3.68. The first-order chi connectivity index (χ1) is 16.0. The summed E-state index contributed by atoms with van der Waals surface area (Å²) in [6.07, 6.45) is 7.05. The molecule has 1 aromatic heterocycles. The lowest BCUT2D eigenvalue weighted by Gasteiger charge is -2.38. The van der Waals surface area contributed by atoms with Crippen molar-refractivity contribution in [3.63, 3.8) is 0 Å². The normalized spacial score (nSPS) is 21.9. The number of piperidine rings is 1. The van der Waals surface area contributed by atoms with Gasteiger partial charge in [-0.05, 0) is 61.4 Å². The maximum absolute atomic E-state index is 13.3. The van der Waals surface area contributed by atoms with Gasteiger partial charge in [-0.25, -0.2) is 0 Å². The van der Waals surface area contributed by atoms with Crippen LogP contribution >= 0.6 is 23.2 Å². The quantitative estimate of drug-likeness (QED) is 0.652. The zero-order valence-electron chi connectivity index (χ0n) is 19.2. The Hall–Kier alpha value is -1.70. The average Bonchev–Trinajstić information content (AvgIpc) is 2.83. The average molecular weight is 492 g/mol. The summed E-state index contributed by atoms with van der Waals surface area (Å²) in [6, 6.07) is 6.30. The van der Waals surface area contributed by atoms with E-state index < -0.39 is 0 Å². The van der Waals surface area contributed by atoms with Crippen LogP contribution in [-0.2, 0) is 15.9 Å². The number of likely N-dealkylation sites (tertiary alicyclic amines) is 1. The molecule has 2 fully saturated rings. The molecule has 33 heavy (non-hydrogen) atoms. The van der Waals surface area contributed by atoms with E-state index >= 15 is 0 Å². The summed E-state index contributed by atoms with van der Waals surface area (Å²) >= 11 is 12.2. The van der Waals surface area contributed by atoms with Gasteiger partial charge in [0.15, 0.2) is 0 Å². The summed E-state index contributed by atoms with van der Waals surface area (Å²) in [7, 11) is 1.74. The first kappa shape index (κ1) is 24.4. The van der Waals surface area contributed by atoms with Gasteiger partial charge in [-0.15, -0.1) is 0 Å². The first-order valence-electron chi connectivity index (χ1n) is 11.5. The van der Waals surface area contributed by atoms with Gasteiger partial charge < -0.3 is 19.7 Å². The van der Waals surface area contributed by atoms with Gasteiger partial charge in [0, 0.05) is 51.3 Å². The van der Waals surface area contributed by atoms with Crippen molar-refractivity contribution in [2.75, 3.05) is 33.4 Å². The molecule has 1 N–H and O–H groups in total. The van der Waals surface area contributed by atoms with Crippen molar-refractivity contribution in [3.8, 4) is 0 Å². The number of pyridine rings is 1. The second-order valence-corrected chi connectivity index (χ2v) is 9.69. The predicted octanol–water partition coefficient (Wildman–Crippen LogP) is 4.29. The zero-order chi connectivity index (χ0) is 23.4. The molecule has 4 rings (SSSR count). The Balaban J connectivity index is 1.37. The van der Waals surface area contributed by atoms with E-state index in [9.17, 15) is 4.79 Å². The van der Waals surface area contributed by atoms with E-state index in [0.29, 0.717) is 40.7 Å². The smallest absolute Gasteiger partial charge is 0.255 e. The molecule has 178 valence electrons. The molecule has 8 heteroatoms. The SMILES string of the molecule is CO[C@@H]1COCC[C@@H]1NC1CCN(C(=O)c2cncc(Cc3ccc(Cl)c(Cl)c3)c2C)CC1. The number of halogens is 2. The molecular weight excluding hydrogens is 461 g/mol. The Morgan fingerprint density at radius 1 is 1.21 bits per heavy atom. The summed E-state index contributed by atoms with van der Waals surface area (Å²) in [5.74, 6) is 0.0512. The van der Waals surface area contributed by atoms with Crippen LogP contribution in [0.2, 0.25) is 10.0 Å². The molecule has 1 amide bonds. The van der Waals surface area contributed by atoms with Crippen LogP contribution in [0, 0.1) is 6.92 Å². The van der Waals surface area contributed by atoms with Gasteiger partial charge in [0.1, 0.15) is 0 Å². The van der Waals surface area contributed by atoms with E-state index in [2.05, 4.69) is 10.3 Å². The minimum atomic E-state index is 0.0512. The van der Waals surface area contributed by atoms with Gasteiger partial charge in [-0.3, -0.25) is 9.78 Å². The Kier molecular flexibility index (Phi) is 8.25. The molecule has 2 aliphatic heterocycles. The van der Waals surface area contributed by atoms with Gasteiger partial charge in [0.2, 0.25) is 0 Å². The minimum absolute atomic E-state index is 0.0512. The third-order valence-electron chi connectivity index (χ3n) is 6.77. The highest BCUT2D eigenvalue weighted by Gasteiger charge is 2.30. The monoisotopic (exact) mass is 491 g/mol. The van der Waals surface area contributed by atoms with E-state index in [1.165, 1.54) is 0 Å². The van der Waals surface area contributed by atoms with Gasteiger partial charge in [0.25, 0.3) is 5.91 Å². The van der Waals surface area contributed by atoms with Crippen LogP contribution in [0.5, 0.6) is 0 Å². The number of aromatic nitrogens is 1. The molecular formula is C25H31Cl2N3O3. The number of amides is 1. The first-order valence-corrected chi connectivity index (χ1v) is 12.2. The maximum atomic E-state index is 13.3. The lowest BCUT2D eigenvalue weighted by Crippen LogP contribution is -2.54. The predicted molar refractivity (Wildman–Crippen MR) is 130 cm³/mol. The van der Waals surface area contributed by atoms with Crippen LogP contribution in [0.1, 0.15) is 46.3 Å². The van der Waals surface area contributed by atoms with Crippen LogP contribution in [0.15, 0.2) is 30.6 Å². The summed E-state index contributed by atoms with van der Waals surface area (Å²) in [5, 5.41) is 4.80. The van der Waals surface area contributed by atoms with Gasteiger partial charge in [-0.1, -0.05) is 29.3 Å². The standard InChI is InChI=1S/C25H31Cl2N3O3/c1-16-18(11-17-3-4-21(26)22(27)12-17)13-28-14-20(16)25(31)30-8-5-19(6-9-30)29-23-7-10-33-15-24(23)32-2/h3-4,12-14,19,23-24,29H,5-11,15H2,1-2H3/t23-,24+/m0/s1. The number of nitrogens with zero attached hydrogens (tertiary/aromatic N) is 2. The van der Waals surface area contributed by atoms with E-state index in [-0.39, 0.29) is 12.0 Å². The maximum Gasteiger partial charge on any atom is 0.255 e. The molecule has 3 heterocycles. The largest absolute Gasteiger partial charge is 0.379 e. The number of rotatable bonds is 6. The van der Waals surface area contributed by atoms with Crippen molar-refractivity contribution in [1.82, 2.24) is 15.2 Å². The van der Waals surface area contributed by atoms with Gasteiger partial charge in [-0.2, -0.15) is 0 Å². The summed E-state index contributed by atoms with van der Waals surface area (Å²) < 4.78 is 11.1. The topological polar surface area (TPSA) is 63.7 Å². The summed E-state index contributed by atoms with van der Waals surface area (Å²) in [6.45, 7) is 4.85. The minimum Gasteiger partial charge on any atom is -0.379 e. The Morgan fingerprint density at radius 3 is 2.73 bits per heavy atom. The van der Waals surface area contributed by atoms with Crippen LogP contribution in [0.25, 0.3) is 0 Å². The molecule has 2 aliphatic rings. The van der Waals surface area contributed by atoms with E-state index in [1.807, 2.05) is 30.2 Å². The van der Waals surface area contributed by atoms with Crippen molar-refractivity contribution in [2.45, 2.75) is 50.8 Å². The Bertz CT molecular complexity index is 979. The van der Waals surface area contributed by atoms with E-state index in [0.717, 1.165) is 55.6 Å². The highest BCUT2D eigenvalue weighted by atomic mass is 35.5. The van der Waals surface area contributed by atoms with Crippen LogP contribution in [-0.4, -0.2) is 67.4 Å². The number of carbonyl (C=O) groups is 1. The molecule has 1 aromatic carbocycles. The van der Waals surface area contributed by atoms with Gasteiger partial charge in [0.05, 0.1) is 28.3 Å². The number of ether oxygens (including phenoxy) is 2.